The number of nitrogens with two attached hydrogens (primary N) is 1. The summed E-state index contributed by atoms with van der Waals surface area (Å²) in [7, 11) is 0. The number of nitrogens with one attached hydrogen (secondary N) is 1. The molecular formula is C18H17FN5O2S. The van der Waals surface area contributed by atoms with Crippen LogP contribution in [0.4, 0.5) is 10.2 Å². The number of nitrogens with zero attached hydrogens (tertiary/aromatic N) is 3. The van der Waals surface area contributed by atoms with E-state index in [1.54, 1.807) is 25.1 Å². The minimum atomic E-state index is -1.17. The summed E-state index contributed by atoms with van der Waals surface area (Å²) in [6.07, 6.45) is 5.57. The fraction of sp³-hybridized carbons (Fsp3) is 0.278. The molecule has 0 bridgehead atoms. The second kappa shape index (κ2) is 7.85. The number of amides is 1. The first-order valence-corrected chi connectivity index (χ1v) is 8.49. The smallest absolute Gasteiger partial charge is 0.275 e. The van der Waals surface area contributed by atoms with Crippen LogP contribution in [0.3, 0.4) is 0 Å². The Morgan fingerprint density at radius 1 is 1.48 bits per heavy atom. The highest BCUT2D eigenvalue weighted by Crippen LogP contribution is 2.30. The maximum Gasteiger partial charge on any atom is 0.275 e. The van der Waals surface area contributed by atoms with E-state index in [1.165, 1.54) is 12.4 Å². The van der Waals surface area contributed by atoms with Gasteiger partial charge in [-0.1, -0.05) is 12.2 Å². The van der Waals surface area contributed by atoms with Crippen molar-refractivity contribution in [1.82, 2.24) is 9.97 Å². The molecule has 0 saturated heterocycles. The van der Waals surface area contributed by atoms with Crippen molar-refractivity contribution in [2.75, 3.05) is 25.2 Å². The molecule has 27 heavy (non-hydrogen) atoms. The first kappa shape index (κ1) is 19.0. The molecule has 7 nitrogen and oxygen atoms in total. The number of alkyl halides is 1. The van der Waals surface area contributed by atoms with Gasteiger partial charge in [-0.3, -0.25) is 14.8 Å². The predicted molar refractivity (Wildman–Crippen MR) is 103 cm³/mol. The van der Waals surface area contributed by atoms with Crippen LogP contribution in [-0.4, -0.2) is 47.0 Å². The largest absolute Gasteiger partial charge is 0.389 e. The lowest BCUT2D eigenvalue weighted by Gasteiger charge is -2.29. The van der Waals surface area contributed by atoms with Gasteiger partial charge in [0.15, 0.2) is 0 Å². The number of aryl methyl sites for hydroxylation is 1. The Kier molecular flexibility index (Phi) is 5.52. The zero-order valence-electron chi connectivity index (χ0n) is 14.5. The Balaban J connectivity index is 1.84. The quantitative estimate of drug-likeness (QED) is 0.760. The van der Waals surface area contributed by atoms with Gasteiger partial charge < -0.3 is 15.8 Å². The topological polar surface area (TPSA) is 102 Å². The molecule has 3 rings (SSSR count). The third-order valence-corrected chi connectivity index (χ3v) is 4.37. The van der Waals surface area contributed by atoms with Gasteiger partial charge in [-0.15, -0.1) is 0 Å². The molecule has 1 atom stereocenters. The Morgan fingerprint density at radius 2 is 2.30 bits per heavy atom. The highest BCUT2D eigenvalue weighted by Gasteiger charge is 2.34. The van der Waals surface area contributed by atoms with Crippen LogP contribution < -0.4 is 11.1 Å². The van der Waals surface area contributed by atoms with Crippen molar-refractivity contribution in [2.24, 2.45) is 10.7 Å². The van der Waals surface area contributed by atoms with Crippen LogP contribution in [0.15, 0.2) is 35.6 Å². The number of halogens is 1. The van der Waals surface area contributed by atoms with E-state index in [1.807, 2.05) is 0 Å². The van der Waals surface area contributed by atoms with Crippen LogP contribution in [0.5, 0.6) is 0 Å². The highest BCUT2D eigenvalue weighted by molar-refractivity contribution is 7.80. The number of aromatic nitrogens is 2. The molecule has 1 unspecified atom stereocenters. The highest BCUT2D eigenvalue weighted by atomic mass is 32.1. The van der Waals surface area contributed by atoms with Crippen molar-refractivity contribution in [1.29, 1.82) is 0 Å². The Bertz CT molecular complexity index is 920. The number of carbonyl (C=O) groups is 1. The van der Waals surface area contributed by atoms with Crippen molar-refractivity contribution in [2.45, 2.75) is 12.5 Å². The summed E-state index contributed by atoms with van der Waals surface area (Å²) < 4.78 is 19.0. The van der Waals surface area contributed by atoms with Crippen LogP contribution in [-0.2, 0) is 10.3 Å². The average Bonchev–Trinajstić information content (AvgIpc) is 2.68. The van der Waals surface area contributed by atoms with Crippen LogP contribution >= 0.6 is 12.2 Å². The van der Waals surface area contributed by atoms with E-state index in [0.717, 1.165) is 0 Å². The summed E-state index contributed by atoms with van der Waals surface area (Å²) in [5.74, 6) is -0.193. The Hall–Kier alpha value is -2.78. The normalized spacial score (nSPS) is 18.9. The molecule has 1 aliphatic heterocycles. The Labute approximate surface area is 160 Å². The van der Waals surface area contributed by atoms with Gasteiger partial charge in [0.05, 0.1) is 19.4 Å². The van der Waals surface area contributed by atoms with E-state index >= 15 is 0 Å². The Morgan fingerprint density at radius 3 is 2.93 bits per heavy atom. The number of ether oxygens (including phenoxy) is 1. The molecule has 1 amide bonds. The molecular weight excluding hydrogens is 369 g/mol. The number of rotatable bonds is 5. The van der Waals surface area contributed by atoms with Gasteiger partial charge in [0.1, 0.15) is 28.7 Å². The van der Waals surface area contributed by atoms with E-state index in [-0.39, 0.29) is 29.7 Å². The lowest BCUT2D eigenvalue weighted by Crippen LogP contribution is -2.36. The van der Waals surface area contributed by atoms with E-state index in [9.17, 15) is 9.18 Å². The van der Waals surface area contributed by atoms with Crippen LogP contribution in [0, 0.1) is 6.92 Å². The maximum absolute atomic E-state index is 13.7. The van der Waals surface area contributed by atoms with E-state index in [2.05, 4.69) is 26.5 Å². The fourth-order valence-electron chi connectivity index (χ4n) is 2.69. The van der Waals surface area contributed by atoms with Crippen molar-refractivity contribution >= 4 is 35.1 Å². The third-order valence-electron chi connectivity index (χ3n) is 4.14. The second-order valence-corrected chi connectivity index (χ2v) is 6.51. The lowest BCUT2D eigenvalue weighted by molar-refractivity contribution is 0.0864. The molecule has 3 N–H and O–H groups in total. The molecule has 2 aromatic rings. The van der Waals surface area contributed by atoms with Crippen molar-refractivity contribution in [3.63, 3.8) is 0 Å². The summed E-state index contributed by atoms with van der Waals surface area (Å²) in [5, 5.41) is 2.67. The molecule has 0 aromatic carbocycles. The molecule has 9 heteroatoms. The number of pyridine rings is 2. The van der Waals surface area contributed by atoms with Gasteiger partial charge in [0, 0.05) is 18.0 Å². The molecule has 0 aliphatic carbocycles. The van der Waals surface area contributed by atoms with Gasteiger partial charge in [-0.2, -0.15) is 0 Å². The van der Waals surface area contributed by atoms with E-state index in [0.29, 0.717) is 16.7 Å². The van der Waals surface area contributed by atoms with Gasteiger partial charge in [-0.25, -0.2) is 9.37 Å². The summed E-state index contributed by atoms with van der Waals surface area (Å²) >= 11 is 4.91. The summed E-state index contributed by atoms with van der Waals surface area (Å²) in [6, 6.07) is 4.89. The van der Waals surface area contributed by atoms with Crippen molar-refractivity contribution in [3.8, 4) is 0 Å². The van der Waals surface area contributed by atoms with Gasteiger partial charge in [0.2, 0.25) is 0 Å². The molecule has 1 aliphatic rings. The monoisotopic (exact) mass is 386 g/mol. The first-order valence-electron chi connectivity index (χ1n) is 8.08. The zero-order valence-corrected chi connectivity index (χ0v) is 15.3. The summed E-state index contributed by atoms with van der Waals surface area (Å²) in [6.45, 7) is 1.30. The maximum atomic E-state index is 13.7. The fourth-order valence-corrected chi connectivity index (χ4v) is 2.80. The van der Waals surface area contributed by atoms with Gasteiger partial charge >= 0.3 is 0 Å². The molecule has 0 fully saturated rings. The summed E-state index contributed by atoms with van der Waals surface area (Å²) in [5.41, 5.74) is 6.35. The zero-order chi connectivity index (χ0) is 19.4. The molecule has 0 saturated carbocycles. The molecule has 139 valence electrons. The number of hydrogen-bond acceptors (Lipinski definition) is 6. The number of carbonyl (C=O) groups excluding carboxylic acids is 1. The van der Waals surface area contributed by atoms with Crippen LogP contribution in [0.1, 0.15) is 27.2 Å². The number of aliphatic imine (C=N–C) groups is 1. The summed E-state index contributed by atoms with van der Waals surface area (Å²) in [4.78, 5) is 25.1. The predicted octanol–water partition coefficient (Wildman–Crippen LogP) is 1.81. The molecule has 0 spiro atoms. The first-order chi connectivity index (χ1) is 12.9. The SMILES string of the molecule is Cc1cc(C(N)=S)cnc1C(=O)Nc1cc(C2(CF)COC[C]=N2)ccn1. The van der Waals surface area contributed by atoms with Gasteiger partial charge in [-0.05, 0) is 36.2 Å². The van der Waals surface area contributed by atoms with Crippen molar-refractivity contribution < 1.29 is 13.9 Å². The van der Waals surface area contributed by atoms with E-state index in [4.69, 9.17) is 22.7 Å². The minimum absolute atomic E-state index is 0.0923. The van der Waals surface area contributed by atoms with Gasteiger partial charge in [0.25, 0.3) is 5.91 Å². The lowest BCUT2D eigenvalue weighted by atomic mass is 9.93. The number of hydrogen-bond donors (Lipinski definition) is 2. The van der Waals surface area contributed by atoms with Crippen LogP contribution in [0.2, 0.25) is 0 Å². The minimum Gasteiger partial charge on any atom is -0.389 e. The van der Waals surface area contributed by atoms with Crippen LogP contribution in [0.25, 0.3) is 0 Å². The molecule has 3 heterocycles. The third kappa shape index (κ3) is 3.99. The van der Waals surface area contributed by atoms with Crippen molar-refractivity contribution in [3.05, 3.63) is 53.0 Å². The molecule has 2 aromatic heterocycles. The second-order valence-electron chi connectivity index (χ2n) is 6.07. The molecule has 1 radical (unpaired) electrons. The van der Waals surface area contributed by atoms with E-state index < -0.39 is 18.1 Å². The number of thiocarbonyl (C=S) groups is 1. The average molecular weight is 386 g/mol. The number of anilines is 1. The standard InChI is InChI=1S/C18H17FN5O2S/c1-11-6-12(16(20)27)8-22-15(11)17(25)24-14-7-13(2-3-21-14)18(9-19)10-26-5-4-23-18/h2-3,6-8H,5,9-10H2,1H3,(H2,20,27)(H,21,24,25).